The van der Waals surface area contributed by atoms with Crippen LogP contribution < -0.4 is 17.4 Å². The van der Waals surface area contributed by atoms with Crippen LogP contribution in [0.4, 0.5) is 0 Å². The van der Waals surface area contributed by atoms with Gasteiger partial charge in [-0.25, -0.2) is 4.98 Å². The Balaban J connectivity index is -0.000000361. The third-order valence-corrected chi connectivity index (χ3v) is 2.83. The van der Waals surface area contributed by atoms with Gasteiger partial charge in [-0.1, -0.05) is 30.5 Å². The third kappa shape index (κ3) is 13.8. The second kappa shape index (κ2) is 16.8. The standard InChI is InChI=1S/C11H20ClN5.4ClH/c12-11-6-5-9(8-16-11)10(13)4-2-1-3-7-17(14)15;;;;/h5-6,8,10H,1-4,7,13-15H2;4*1H. The van der Waals surface area contributed by atoms with Gasteiger partial charge in [-0.3, -0.25) is 11.7 Å². The molecule has 128 valence electrons. The summed E-state index contributed by atoms with van der Waals surface area (Å²) in [5.74, 6) is 10.6. The summed E-state index contributed by atoms with van der Waals surface area (Å²) in [6.45, 7) is 0.706. The van der Waals surface area contributed by atoms with E-state index in [1.807, 2.05) is 6.07 Å². The van der Waals surface area contributed by atoms with Gasteiger partial charge in [0.1, 0.15) is 5.15 Å². The molecule has 5 nitrogen and oxygen atoms in total. The zero-order valence-electron chi connectivity index (χ0n) is 11.5. The Hall–Kier alpha value is 0.440. The average molecular weight is 404 g/mol. The van der Waals surface area contributed by atoms with Crippen molar-refractivity contribution >= 4 is 61.2 Å². The lowest BCUT2D eigenvalue weighted by molar-refractivity contribution is 0.285. The number of unbranched alkanes of at least 4 members (excludes halogenated alkanes) is 2. The van der Waals surface area contributed by atoms with Crippen molar-refractivity contribution in [1.29, 1.82) is 0 Å². The van der Waals surface area contributed by atoms with Crippen molar-refractivity contribution in [3.05, 3.63) is 29.0 Å². The van der Waals surface area contributed by atoms with Gasteiger partial charge >= 0.3 is 0 Å². The van der Waals surface area contributed by atoms with Crippen molar-refractivity contribution in [2.45, 2.75) is 31.7 Å². The van der Waals surface area contributed by atoms with E-state index < -0.39 is 0 Å². The topological polar surface area (TPSA) is 94.2 Å². The monoisotopic (exact) mass is 401 g/mol. The Morgan fingerprint density at radius 1 is 1.05 bits per heavy atom. The average Bonchev–Trinajstić information content (AvgIpc) is 2.29. The number of nitrogens with two attached hydrogens (primary N) is 3. The van der Waals surface area contributed by atoms with Crippen molar-refractivity contribution < 1.29 is 0 Å². The van der Waals surface area contributed by atoms with E-state index in [9.17, 15) is 0 Å². The highest BCUT2D eigenvalue weighted by molar-refractivity contribution is 6.29. The molecule has 0 fully saturated rings. The summed E-state index contributed by atoms with van der Waals surface area (Å²) in [6.07, 6.45) is 5.77. The van der Waals surface area contributed by atoms with Crippen molar-refractivity contribution in [2.75, 3.05) is 6.54 Å². The van der Waals surface area contributed by atoms with Gasteiger partial charge in [-0.2, -0.15) is 5.12 Å². The van der Waals surface area contributed by atoms with Gasteiger partial charge < -0.3 is 5.73 Å². The van der Waals surface area contributed by atoms with E-state index in [1.165, 1.54) is 5.12 Å². The zero-order valence-corrected chi connectivity index (χ0v) is 15.5. The minimum atomic E-state index is 0. The van der Waals surface area contributed by atoms with Gasteiger partial charge in [0.05, 0.1) is 0 Å². The number of pyridine rings is 1. The molecule has 0 radical (unpaired) electrons. The maximum absolute atomic E-state index is 6.04. The Morgan fingerprint density at radius 3 is 2.14 bits per heavy atom. The fourth-order valence-electron chi connectivity index (χ4n) is 1.61. The molecule has 10 heteroatoms. The van der Waals surface area contributed by atoms with Gasteiger partial charge in [-0.15, -0.1) is 49.6 Å². The Labute approximate surface area is 155 Å². The number of rotatable bonds is 7. The van der Waals surface area contributed by atoms with E-state index in [2.05, 4.69) is 4.98 Å². The molecule has 0 aliphatic rings. The zero-order chi connectivity index (χ0) is 12.7. The highest BCUT2D eigenvalue weighted by Gasteiger charge is 2.06. The number of halogens is 5. The van der Waals surface area contributed by atoms with Gasteiger partial charge in [-0.05, 0) is 24.5 Å². The number of hydrazine groups is 2. The van der Waals surface area contributed by atoms with Crippen LogP contribution in [0.15, 0.2) is 18.3 Å². The number of hydrogen-bond acceptors (Lipinski definition) is 5. The van der Waals surface area contributed by atoms with E-state index in [0.717, 1.165) is 31.2 Å². The summed E-state index contributed by atoms with van der Waals surface area (Å²) in [6, 6.07) is 3.70. The van der Waals surface area contributed by atoms with Crippen LogP contribution in [0.2, 0.25) is 5.15 Å². The maximum Gasteiger partial charge on any atom is 0.129 e. The SMILES string of the molecule is Cl.Cl.Cl.Cl.NC(CCCCCN(N)N)c1ccc(Cl)nc1. The highest BCUT2D eigenvalue weighted by atomic mass is 35.5. The van der Waals surface area contributed by atoms with E-state index in [1.54, 1.807) is 12.3 Å². The first kappa shape index (κ1) is 29.5. The number of hydrogen-bond donors (Lipinski definition) is 3. The van der Waals surface area contributed by atoms with E-state index in [4.69, 9.17) is 29.0 Å². The molecule has 0 saturated carbocycles. The van der Waals surface area contributed by atoms with Crippen LogP contribution in [-0.4, -0.2) is 16.6 Å². The third-order valence-electron chi connectivity index (χ3n) is 2.61. The molecule has 1 aromatic rings. The first-order chi connectivity index (χ1) is 8.09. The number of aromatic nitrogens is 1. The molecule has 21 heavy (non-hydrogen) atoms. The van der Waals surface area contributed by atoms with E-state index in [-0.39, 0.29) is 55.7 Å². The molecule has 0 spiro atoms. The highest BCUT2D eigenvalue weighted by Crippen LogP contribution is 2.17. The molecular weight excluding hydrogens is 379 g/mol. The number of nitrogens with zero attached hydrogens (tertiary/aromatic N) is 2. The summed E-state index contributed by atoms with van der Waals surface area (Å²) in [4.78, 5) is 4.01. The lowest BCUT2D eigenvalue weighted by atomic mass is 10.0. The van der Waals surface area contributed by atoms with E-state index in [0.29, 0.717) is 11.7 Å². The molecule has 1 rings (SSSR count). The minimum Gasteiger partial charge on any atom is -0.324 e. The molecule has 0 aliphatic carbocycles. The fourth-order valence-corrected chi connectivity index (χ4v) is 1.72. The van der Waals surface area contributed by atoms with Crippen LogP contribution in [0, 0.1) is 0 Å². The first-order valence-electron chi connectivity index (χ1n) is 5.73. The van der Waals surface area contributed by atoms with Crippen LogP contribution in [0.5, 0.6) is 0 Å². The largest absolute Gasteiger partial charge is 0.324 e. The summed E-state index contributed by atoms with van der Waals surface area (Å²) >= 11 is 5.71. The summed E-state index contributed by atoms with van der Waals surface area (Å²) in [7, 11) is 0. The molecule has 1 unspecified atom stereocenters. The molecule has 1 atom stereocenters. The van der Waals surface area contributed by atoms with Crippen LogP contribution in [0.1, 0.15) is 37.3 Å². The van der Waals surface area contributed by atoms with Crippen molar-refractivity contribution in [3.8, 4) is 0 Å². The summed E-state index contributed by atoms with van der Waals surface area (Å²) in [5, 5.41) is 1.70. The minimum absolute atomic E-state index is 0. The van der Waals surface area contributed by atoms with Crippen molar-refractivity contribution in [1.82, 2.24) is 10.1 Å². The summed E-state index contributed by atoms with van der Waals surface area (Å²) in [5.41, 5.74) is 7.07. The van der Waals surface area contributed by atoms with Crippen LogP contribution in [0.25, 0.3) is 0 Å². The molecule has 1 aromatic heterocycles. The molecule has 0 bridgehead atoms. The lowest BCUT2D eigenvalue weighted by Gasteiger charge is -2.12. The van der Waals surface area contributed by atoms with E-state index >= 15 is 0 Å². The van der Waals surface area contributed by atoms with Gasteiger partial charge in [0.2, 0.25) is 0 Å². The van der Waals surface area contributed by atoms with Gasteiger partial charge in [0, 0.05) is 18.8 Å². The van der Waals surface area contributed by atoms with Crippen LogP contribution in [-0.2, 0) is 0 Å². The van der Waals surface area contributed by atoms with Crippen molar-refractivity contribution in [3.63, 3.8) is 0 Å². The lowest BCUT2D eigenvalue weighted by Crippen LogP contribution is -2.38. The van der Waals surface area contributed by atoms with Crippen molar-refractivity contribution in [2.24, 2.45) is 17.4 Å². The first-order valence-corrected chi connectivity index (χ1v) is 6.11. The second-order valence-electron chi connectivity index (χ2n) is 4.11. The quantitative estimate of drug-likeness (QED) is 0.282. The molecule has 0 saturated heterocycles. The van der Waals surface area contributed by atoms with Crippen LogP contribution >= 0.6 is 61.2 Å². The van der Waals surface area contributed by atoms with Gasteiger partial charge in [0.15, 0.2) is 0 Å². The predicted molar refractivity (Wildman–Crippen MR) is 98.7 cm³/mol. The fraction of sp³-hybridized carbons (Fsp3) is 0.545. The Morgan fingerprint density at radius 2 is 1.67 bits per heavy atom. The Bertz CT molecular complexity index is 325. The normalized spacial score (nSPS) is 10.5. The molecule has 1 heterocycles. The predicted octanol–water partition coefficient (Wildman–Crippen LogP) is 3.03. The second-order valence-corrected chi connectivity index (χ2v) is 4.50. The molecule has 6 N–H and O–H groups in total. The molecular formula is C11H24Cl5N5. The molecule has 0 aliphatic heterocycles. The van der Waals surface area contributed by atoms with Crippen LogP contribution in [0.3, 0.4) is 0 Å². The smallest absolute Gasteiger partial charge is 0.129 e. The maximum atomic E-state index is 6.04. The van der Waals surface area contributed by atoms with Gasteiger partial charge in [0.25, 0.3) is 0 Å². The molecule has 0 aromatic carbocycles. The molecule has 0 amide bonds. The summed E-state index contributed by atoms with van der Waals surface area (Å²) < 4.78 is 0. The Kier molecular flexibility index (Phi) is 23.6.